The average Bonchev–Trinajstić information content (AvgIpc) is 3.48. The molecule has 0 spiro atoms. The van der Waals surface area contributed by atoms with Crippen LogP contribution in [0.3, 0.4) is 0 Å². The van der Waals surface area contributed by atoms with Gasteiger partial charge < -0.3 is 14.6 Å². The molecule has 1 N–H and O–H groups in total. The Kier molecular flexibility index (Phi) is 10.1. The van der Waals surface area contributed by atoms with E-state index in [9.17, 15) is 13.5 Å². The van der Waals surface area contributed by atoms with E-state index in [0.29, 0.717) is 31.0 Å². The molecule has 8 heteroatoms. The number of benzene rings is 4. The Hall–Kier alpha value is -3.69. The van der Waals surface area contributed by atoms with Crippen LogP contribution in [0.2, 0.25) is 0 Å². The average molecular weight is 601 g/mol. The number of sulfonamides is 1. The smallest absolute Gasteiger partial charge is 0.244 e. The number of aliphatic hydroxyl groups is 1. The van der Waals surface area contributed by atoms with Gasteiger partial charge in [-0.25, -0.2) is 8.42 Å². The molecular formula is C35H40N2O5S. The zero-order valence-electron chi connectivity index (χ0n) is 24.7. The summed E-state index contributed by atoms with van der Waals surface area (Å²) in [4.78, 5) is 2.31. The van der Waals surface area contributed by atoms with Crippen molar-refractivity contribution in [3.05, 3.63) is 126 Å². The fourth-order valence-electron chi connectivity index (χ4n) is 5.48. The largest absolute Gasteiger partial charge is 0.454 e. The first kappa shape index (κ1) is 30.8. The Morgan fingerprint density at radius 3 is 1.84 bits per heavy atom. The molecule has 43 heavy (non-hydrogen) atoms. The number of aliphatic hydroxyl groups excluding tert-OH is 1. The van der Waals surface area contributed by atoms with Gasteiger partial charge in [0.15, 0.2) is 11.5 Å². The maximum Gasteiger partial charge on any atom is 0.244 e. The van der Waals surface area contributed by atoms with Crippen LogP contribution in [0.25, 0.3) is 0 Å². The van der Waals surface area contributed by atoms with Gasteiger partial charge in [-0.05, 0) is 41.2 Å². The highest BCUT2D eigenvalue weighted by Crippen LogP contribution is 2.36. The molecule has 226 valence electrons. The predicted molar refractivity (Wildman–Crippen MR) is 168 cm³/mol. The van der Waals surface area contributed by atoms with Crippen molar-refractivity contribution >= 4 is 10.0 Å². The van der Waals surface area contributed by atoms with Crippen LogP contribution in [0.15, 0.2) is 114 Å². The van der Waals surface area contributed by atoms with Crippen molar-refractivity contribution in [2.45, 2.75) is 56.9 Å². The summed E-state index contributed by atoms with van der Waals surface area (Å²) in [6.07, 6.45) is -0.771. The lowest BCUT2D eigenvalue weighted by molar-refractivity contribution is 0.0297. The van der Waals surface area contributed by atoms with Crippen LogP contribution in [-0.4, -0.2) is 48.3 Å². The van der Waals surface area contributed by atoms with Crippen LogP contribution in [-0.2, 0) is 29.5 Å². The van der Waals surface area contributed by atoms with Gasteiger partial charge in [0.1, 0.15) is 0 Å². The maximum atomic E-state index is 14.6. The fourth-order valence-corrected chi connectivity index (χ4v) is 7.28. The minimum Gasteiger partial charge on any atom is -0.454 e. The summed E-state index contributed by atoms with van der Waals surface area (Å²) in [6, 6.07) is 34.7. The summed E-state index contributed by atoms with van der Waals surface area (Å²) >= 11 is 0. The fraction of sp³-hybridized carbons (Fsp3) is 0.314. The topological polar surface area (TPSA) is 79.3 Å². The van der Waals surface area contributed by atoms with Gasteiger partial charge in [-0.2, -0.15) is 4.31 Å². The van der Waals surface area contributed by atoms with E-state index in [4.69, 9.17) is 9.47 Å². The van der Waals surface area contributed by atoms with Crippen LogP contribution in [0.1, 0.15) is 37.0 Å². The van der Waals surface area contributed by atoms with Gasteiger partial charge >= 0.3 is 0 Å². The molecule has 1 aliphatic rings. The van der Waals surface area contributed by atoms with E-state index in [0.717, 1.165) is 16.7 Å². The predicted octanol–water partition coefficient (Wildman–Crippen LogP) is 6.08. The second kappa shape index (κ2) is 14.2. The molecule has 0 saturated heterocycles. The van der Waals surface area contributed by atoms with Crippen LogP contribution >= 0.6 is 0 Å². The molecule has 5 rings (SSSR count). The van der Waals surface area contributed by atoms with Crippen molar-refractivity contribution in [2.24, 2.45) is 5.92 Å². The van der Waals surface area contributed by atoms with Crippen LogP contribution < -0.4 is 9.47 Å². The Balaban J connectivity index is 1.58. The molecule has 0 aliphatic carbocycles. The van der Waals surface area contributed by atoms with Gasteiger partial charge in [0.2, 0.25) is 16.8 Å². The zero-order valence-corrected chi connectivity index (χ0v) is 25.6. The first-order valence-electron chi connectivity index (χ1n) is 14.7. The van der Waals surface area contributed by atoms with E-state index in [1.54, 1.807) is 22.5 Å². The van der Waals surface area contributed by atoms with Crippen LogP contribution in [0.5, 0.6) is 11.5 Å². The number of ether oxygens (including phenoxy) is 2. The number of hydrogen-bond acceptors (Lipinski definition) is 6. The van der Waals surface area contributed by atoms with Crippen LogP contribution in [0.4, 0.5) is 0 Å². The van der Waals surface area contributed by atoms with E-state index in [-0.39, 0.29) is 30.6 Å². The van der Waals surface area contributed by atoms with Gasteiger partial charge in [0, 0.05) is 32.1 Å². The van der Waals surface area contributed by atoms with Gasteiger partial charge in [-0.1, -0.05) is 105 Å². The van der Waals surface area contributed by atoms with Crippen LogP contribution in [0, 0.1) is 5.92 Å². The van der Waals surface area contributed by atoms with Crippen molar-refractivity contribution in [1.82, 2.24) is 9.21 Å². The van der Waals surface area contributed by atoms with Gasteiger partial charge in [-0.15, -0.1) is 0 Å². The molecule has 7 nitrogen and oxygen atoms in total. The highest BCUT2D eigenvalue weighted by Gasteiger charge is 2.37. The third kappa shape index (κ3) is 8.03. The minimum atomic E-state index is -4.02. The SMILES string of the molecule is CC(C)CN(C(C[C@@H](O)Cc1ccccc1)N(Cc1ccccc1)Cc1ccccc1)S(=O)(=O)c1ccc2c(c1)OCO2. The molecule has 0 saturated carbocycles. The van der Waals surface area contributed by atoms with Gasteiger partial charge in [0.25, 0.3) is 0 Å². The highest BCUT2D eigenvalue weighted by molar-refractivity contribution is 7.89. The normalized spacial score (nSPS) is 14.4. The number of rotatable bonds is 14. The van der Waals surface area contributed by atoms with E-state index >= 15 is 0 Å². The van der Waals surface area contributed by atoms with Crippen molar-refractivity contribution in [3.8, 4) is 11.5 Å². The lowest BCUT2D eigenvalue weighted by Crippen LogP contribution is -2.53. The first-order valence-corrected chi connectivity index (χ1v) is 16.2. The lowest BCUT2D eigenvalue weighted by Gasteiger charge is -2.41. The molecule has 2 atom stereocenters. The van der Waals surface area contributed by atoms with E-state index in [1.807, 2.05) is 80.6 Å². The number of hydrogen-bond donors (Lipinski definition) is 1. The highest BCUT2D eigenvalue weighted by atomic mass is 32.2. The molecule has 1 heterocycles. The summed E-state index contributed by atoms with van der Waals surface area (Å²) in [5, 5.41) is 11.5. The van der Waals surface area contributed by atoms with E-state index < -0.39 is 22.3 Å². The Morgan fingerprint density at radius 2 is 1.28 bits per heavy atom. The maximum absolute atomic E-state index is 14.6. The summed E-state index contributed by atoms with van der Waals surface area (Å²) in [5.41, 5.74) is 3.12. The zero-order chi connectivity index (χ0) is 30.2. The minimum absolute atomic E-state index is 0.0350. The van der Waals surface area contributed by atoms with Crippen molar-refractivity contribution in [2.75, 3.05) is 13.3 Å². The molecule has 0 amide bonds. The summed E-state index contributed by atoms with van der Waals surface area (Å²) in [5.74, 6) is 0.975. The third-order valence-corrected chi connectivity index (χ3v) is 9.36. The Labute approximate surface area is 255 Å². The molecule has 0 radical (unpaired) electrons. The lowest BCUT2D eigenvalue weighted by atomic mass is 10.0. The molecule has 0 bridgehead atoms. The van der Waals surface area contributed by atoms with Crippen molar-refractivity contribution in [3.63, 3.8) is 0 Å². The summed E-state index contributed by atoms with van der Waals surface area (Å²) in [7, 11) is -4.02. The van der Waals surface area contributed by atoms with Gasteiger partial charge in [0.05, 0.1) is 17.2 Å². The molecule has 4 aromatic carbocycles. The number of fused-ring (bicyclic) bond motifs is 1. The quantitative estimate of drug-likeness (QED) is 0.177. The monoisotopic (exact) mass is 600 g/mol. The van der Waals surface area contributed by atoms with Crippen molar-refractivity contribution < 1.29 is 23.0 Å². The first-order chi connectivity index (χ1) is 20.8. The van der Waals surface area contributed by atoms with E-state index in [2.05, 4.69) is 29.2 Å². The standard InChI is InChI=1S/C35H40N2O5S/c1-27(2)23-37(43(39,40)32-18-19-33-34(22-32)42-26-41-33)35(21-31(38)20-28-12-6-3-7-13-28)36(24-29-14-8-4-9-15-29)25-30-16-10-5-11-17-30/h3-19,22,27,31,35,38H,20-21,23-26H2,1-2H3/t31-,35?/m0/s1. The summed E-state index contributed by atoms with van der Waals surface area (Å²) in [6.45, 7) is 5.37. The molecular weight excluding hydrogens is 560 g/mol. The second-order valence-electron chi connectivity index (χ2n) is 11.4. The second-order valence-corrected chi connectivity index (χ2v) is 13.3. The molecule has 4 aromatic rings. The Bertz CT molecular complexity index is 1510. The van der Waals surface area contributed by atoms with Crippen molar-refractivity contribution in [1.29, 1.82) is 0 Å². The van der Waals surface area contributed by atoms with E-state index in [1.165, 1.54) is 0 Å². The number of nitrogens with zero attached hydrogens (tertiary/aromatic N) is 2. The molecule has 0 aromatic heterocycles. The molecule has 0 fully saturated rings. The summed E-state index contributed by atoms with van der Waals surface area (Å²) < 4.78 is 41.7. The Morgan fingerprint density at radius 1 is 0.744 bits per heavy atom. The third-order valence-electron chi connectivity index (χ3n) is 7.50. The molecule has 1 aliphatic heterocycles. The molecule has 1 unspecified atom stereocenters. The van der Waals surface area contributed by atoms with Gasteiger partial charge in [-0.3, -0.25) is 4.90 Å².